The van der Waals surface area contributed by atoms with Crippen LogP contribution in [0.1, 0.15) is 12.5 Å². The van der Waals surface area contributed by atoms with Crippen LogP contribution >= 0.6 is 0 Å². The molecule has 0 bridgehead atoms. The Kier molecular flexibility index (Phi) is 5.76. The highest BCUT2D eigenvalue weighted by molar-refractivity contribution is 6.00. The number of carbonyl (C=O) groups excluding carboxylic acids is 1. The molecule has 0 saturated carbocycles. The molecule has 0 unspecified atom stereocenters. The molecule has 154 valence electrons. The van der Waals surface area contributed by atoms with Crippen molar-refractivity contribution >= 4 is 23.1 Å². The van der Waals surface area contributed by atoms with Gasteiger partial charge in [-0.1, -0.05) is 6.92 Å². The maximum absolute atomic E-state index is 12.4. The van der Waals surface area contributed by atoms with Gasteiger partial charge in [0.1, 0.15) is 13.2 Å². The summed E-state index contributed by atoms with van der Waals surface area (Å²) in [6.07, 6.45) is 0. The van der Waals surface area contributed by atoms with Crippen LogP contribution in [0.5, 0.6) is 11.5 Å². The summed E-state index contributed by atoms with van der Waals surface area (Å²) >= 11 is 0. The molecule has 2 aromatic rings. The Morgan fingerprint density at radius 2 is 1.72 bits per heavy atom. The zero-order valence-electron chi connectivity index (χ0n) is 17.0. The molecule has 1 fully saturated rings. The lowest BCUT2D eigenvalue weighted by atomic mass is 10.1. The fourth-order valence-electron chi connectivity index (χ4n) is 3.71. The number of anilines is 3. The Bertz CT molecular complexity index is 878. The Hall–Kier alpha value is -2.93. The van der Waals surface area contributed by atoms with Gasteiger partial charge in [0.05, 0.1) is 0 Å². The summed E-state index contributed by atoms with van der Waals surface area (Å²) in [5.41, 5.74) is 3.71. The van der Waals surface area contributed by atoms with Gasteiger partial charge in [-0.15, -0.1) is 0 Å². The van der Waals surface area contributed by atoms with Gasteiger partial charge in [0.25, 0.3) is 0 Å². The molecule has 0 atom stereocenters. The number of benzene rings is 2. The molecule has 0 radical (unpaired) electrons. The average Bonchev–Trinajstić information content (AvgIpc) is 2.75. The quantitative estimate of drug-likeness (QED) is 0.827. The summed E-state index contributed by atoms with van der Waals surface area (Å²) in [5, 5.41) is 5.79. The molecular weight excluding hydrogens is 368 g/mol. The van der Waals surface area contributed by atoms with Gasteiger partial charge in [-0.05, 0) is 49.4 Å². The first-order chi connectivity index (χ1) is 14.1. The number of nitrogens with zero attached hydrogens (tertiary/aromatic N) is 2. The normalized spacial score (nSPS) is 16.4. The topological polar surface area (TPSA) is 66.1 Å². The smallest absolute Gasteiger partial charge is 0.323 e. The first-order valence-electron chi connectivity index (χ1n) is 10.2. The second kappa shape index (κ2) is 8.61. The molecule has 0 spiro atoms. The van der Waals surface area contributed by atoms with Crippen molar-refractivity contribution < 1.29 is 14.3 Å². The molecule has 2 aliphatic heterocycles. The molecule has 0 aromatic heterocycles. The molecule has 4 rings (SSSR count). The van der Waals surface area contributed by atoms with Gasteiger partial charge in [0.15, 0.2) is 11.5 Å². The molecule has 7 nitrogen and oxygen atoms in total. The summed E-state index contributed by atoms with van der Waals surface area (Å²) < 4.78 is 11.1. The fourth-order valence-corrected chi connectivity index (χ4v) is 3.71. The molecule has 2 aromatic carbocycles. The minimum Gasteiger partial charge on any atom is -0.486 e. The van der Waals surface area contributed by atoms with Crippen molar-refractivity contribution in [3.8, 4) is 11.5 Å². The predicted octanol–water partition coefficient (Wildman–Crippen LogP) is 3.55. The van der Waals surface area contributed by atoms with E-state index in [9.17, 15) is 4.79 Å². The van der Waals surface area contributed by atoms with Crippen LogP contribution in [0, 0.1) is 6.92 Å². The van der Waals surface area contributed by atoms with Crippen LogP contribution in [0.2, 0.25) is 0 Å². The van der Waals surface area contributed by atoms with E-state index in [1.54, 1.807) is 12.1 Å². The molecule has 2 aliphatic rings. The number of hydrogen-bond donors (Lipinski definition) is 2. The third-order valence-corrected chi connectivity index (χ3v) is 5.44. The largest absolute Gasteiger partial charge is 0.486 e. The Morgan fingerprint density at radius 1 is 0.966 bits per heavy atom. The zero-order valence-corrected chi connectivity index (χ0v) is 17.0. The van der Waals surface area contributed by atoms with Crippen molar-refractivity contribution in [2.75, 3.05) is 61.5 Å². The van der Waals surface area contributed by atoms with Gasteiger partial charge in [0, 0.05) is 49.3 Å². The third kappa shape index (κ3) is 4.56. The van der Waals surface area contributed by atoms with Gasteiger partial charge in [-0.25, -0.2) is 4.79 Å². The standard InChI is InChI=1S/C22H28N4O3/c1-3-25-8-10-26(11-9-25)18-5-6-19(16(2)14-18)24-22(27)23-17-4-7-20-21(15-17)29-13-12-28-20/h4-7,14-15H,3,8-13H2,1-2H3,(H2,23,24,27). The lowest BCUT2D eigenvalue weighted by Gasteiger charge is -2.35. The summed E-state index contributed by atoms with van der Waals surface area (Å²) in [6.45, 7) is 10.6. The van der Waals surface area contributed by atoms with Crippen molar-refractivity contribution in [1.29, 1.82) is 0 Å². The van der Waals surface area contributed by atoms with Crippen LogP contribution in [0.4, 0.5) is 21.9 Å². The van der Waals surface area contributed by atoms with E-state index in [2.05, 4.69) is 39.5 Å². The van der Waals surface area contributed by atoms with Gasteiger partial charge >= 0.3 is 6.03 Å². The second-order valence-electron chi connectivity index (χ2n) is 7.36. The highest BCUT2D eigenvalue weighted by atomic mass is 16.6. The molecule has 2 amide bonds. The van der Waals surface area contributed by atoms with Crippen LogP contribution in [0.3, 0.4) is 0 Å². The van der Waals surface area contributed by atoms with Gasteiger partial charge in [0.2, 0.25) is 0 Å². The van der Waals surface area contributed by atoms with E-state index in [4.69, 9.17) is 9.47 Å². The number of fused-ring (bicyclic) bond motifs is 1. The molecule has 7 heteroatoms. The number of piperazine rings is 1. The van der Waals surface area contributed by atoms with Crippen LogP contribution in [-0.4, -0.2) is 56.9 Å². The lowest BCUT2D eigenvalue weighted by Crippen LogP contribution is -2.46. The SMILES string of the molecule is CCN1CCN(c2ccc(NC(=O)Nc3ccc4c(c3)OCCO4)c(C)c2)CC1. The average molecular weight is 396 g/mol. The summed E-state index contributed by atoms with van der Waals surface area (Å²) in [7, 11) is 0. The van der Waals surface area contributed by atoms with Crippen LogP contribution in [0.15, 0.2) is 36.4 Å². The molecular formula is C22H28N4O3. The van der Waals surface area contributed by atoms with Crippen molar-refractivity contribution in [3.05, 3.63) is 42.0 Å². The maximum atomic E-state index is 12.4. The van der Waals surface area contributed by atoms with Crippen molar-refractivity contribution in [3.63, 3.8) is 0 Å². The monoisotopic (exact) mass is 396 g/mol. The van der Waals surface area contributed by atoms with E-state index in [0.717, 1.165) is 44.0 Å². The van der Waals surface area contributed by atoms with Crippen molar-refractivity contribution in [1.82, 2.24) is 4.90 Å². The molecule has 0 aliphatic carbocycles. The molecule has 1 saturated heterocycles. The van der Waals surface area contributed by atoms with E-state index in [1.165, 1.54) is 5.69 Å². The van der Waals surface area contributed by atoms with Gasteiger partial charge in [-0.3, -0.25) is 0 Å². The van der Waals surface area contributed by atoms with Crippen LogP contribution in [-0.2, 0) is 0 Å². The number of likely N-dealkylation sites (N-methyl/N-ethyl adjacent to an activating group) is 1. The summed E-state index contributed by atoms with van der Waals surface area (Å²) in [4.78, 5) is 17.3. The summed E-state index contributed by atoms with van der Waals surface area (Å²) in [5.74, 6) is 1.35. The van der Waals surface area contributed by atoms with Gasteiger partial charge in [-0.2, -0.15) is 0 Å². The first-order valence-corrected chi connectivity index (χ1v) is 10.2. The lowest BCUT2D eigenvalue weighted by molar-refractivity contribution is 0.171. The maximum Gasteiger partial charge on any atom is 0.323 e. The minimum absolute atomic E-state index is 0.283. The number of carbonyl (C=O) groups is 1. The second-order valence-corrected chi connectivity index (χ2v) is 7.36. The number of nitrogens with one attached hydrogen (secondary N) is 2. The third-order valence-electron chi connectivity index (χ3n) is 5.44. The van der Waals surface area contributed by atoms with E-state index < -0.39 is 0 Å². The minimum atomic E-state index is -0.283. The highest BCUT2D eigenvalue weighted by Gasteiger charge is 2.17. The fraction of sp³-hybridized carbons (Fsp3) is 0.409. The number of ether oxygens (including phenoxy) is 2. The Balaban J connectivity index is 1.37. The number of amides is 2. The zero-order chi connectivity index (χ0) is 20.2. The van der Waals surface area contributed by atoms with Crippen molar-refractivity contribution in [2.45, 2.75) is 13.8 Å². The predicted molar refractivity (Wildman–Crippen MR) is 116 cm³/mol. The van der Waals surface area contributed by atoms with Crippen LogP contribution in [0.25, 0.3) is 0 Å². The number of hydrogen-bond acceptors (Lipinski definition) is 5. The highest BCUT2D eigenvalue weighted by Crippen LogP contribution is 2.32. The summed E-state index contributed by atoms with van der Waals surface area (Å²) in [6, 6.07) is 11.3. The molecule has 2 heterocycles. The number of urea groups is 1. The Morgan fingerprint density at radius 3 is 2.45 bits per heavy atom. The Labute approximate surface area is 171 Å². The van der Waals surface area contributed by atoms with Crippen LogP contribution < -0.4 is 25.0 Å². The van der Waals surface area contributed by atoms with Crippen molar-refractivity contribution in [2.24, 2.45) is 0 Å². The first kappa shape index (κ1) is 19.4. The van der Waals surface area contributed by atoms with Gasteiger partial charge < -0.3 is 29.9 Å². The number of rotatable bonds is 4. The van der Waals surface area contributed by atoms with E-state index >= 15 is 0 Å². The number of aryl methyl sites for hydroxylation is 1. The van der Waals surface area contributed by atoms with E-state index in [0.29, 0.717) is 30.4 Å². The van der Waals surface area contributed by atoms with E-state index in [-0.39, 0.29) is 6.03 Å². The molecule has 29 heavy (non-hydrogen) atoms. The van der Waals surface area contributed by atoms with E-state index in [1.807, 2.05) is 19.1 Å². The molecule has 2 N–H and O–H groups in total.